The third-order valence-electron chi connectivity index (χ3n) is 2.17. The number of fused-ring (bicyclic) bond motifs is 1. The van der Waals surface area contributed by atoms with Gasteiger partial charge in [-0.25, -0.2) is 0 Å². The van der Waals surface area contributed by atoms with Crippen LogP contribution in [0.5, 0.6) is 0 Å². The molecule has 14 heavy (non-hydrogen) atoms. The maximum Gasteiger partial charge on any atom is 0.258 e. The second-order valence-electron chi connectivity index (χ2n) is 3.30. The first kappa shape index (κ1) is 8.93. The first-order valence-electron chi connectivity index (χ1n) is 4.62. The van der Waals surface area contributed by atoms with Crippen LogP contribution in [-0.4, -0.2) is 21.6 Å². The predicted molar refractivity (Wildman–Crippen MR) is 50.1 cm³/mol. The van der Waals surface area contributed by atoms with Crippen molar-refractivity contribution in [1.29, 1.82) is 0 Å². The molecule has 0 aromatic carbocycles. The molecule has 1 aromatic heterocycles. The molecule has 0 atom stereocenters. The average Bonchev–Trinajstić information content (AvgIpc) is 2.49. The summed E-state index contributed by atoms with van der Waals surface area (Å²) in [6, 6.07) is 0. The molecular formula is C9H11N3O2. The number of nitrogens with one attached hydrogen (secondary N) is 1. The van der Waals surface area contributed by atoms with Crippen LogP contribution in [0.3, 0.4) is 0 Å². The third-order valence-corrected chi connectivity index (χ3v) is 2.17. The van der Waals surface area contributed by atoms with Gasteiger partial charge in [0.25, 0.3) is 5.91 Å². The molecular weight excluding hydrogens is 182 g/mol. The third kappa shape index (κ3) is 1.30. The molecule has 2 heterocycles. The van der Waals surface area contributed by atoms with Crippen LogP contribution in [0.4, 0.5) is 5.82 Å². The van der Waals surface area contributed by atoms with E-state index in [2.05, 4.69) is 10.4 Å². The molecule has 1 amide bonds. The number of hydrogen-bond donors (Lipinski definition) is 1. The Morgan fingerprint density at radius 1 is 1.57 bits per heavy atom. The zero-order chi connectivity index (χ0) is 10.1. The summed E-state index contributed by atoms with van der Waals surface area (Å²) >= 11 is 0. The quantitative estimate of drug-likeness (QED) is 0.707. The number of nitrogens with zero attached hydrogens (tertiary/aromatic N) is 2. The summed E-state index contributed by atoms with van der Waals surface area (Å²) < 4.78 is 1.27. The molecule has 0 spiro atoms. The van der Waals surface area contributed by atoms with Gasteiger partial charge in [-0.3, -0.25) is 9.59 Å². The van der Waals surface area contributed by atoms with Gasteiger partial charge in [-0.15, -0.1) is 0 Å². The van der Waals surface area contributed by atoms with E-state index in [1.54, 1.807) is 6.20 Å². The molecule has 1 aliphatic rings. The Morgan fingerprint density at radius 2 is 2.36 bits per heavy atom. The molecule has 1 aromatic rings. The van der Waals surface area contributed by atoms with Crippen LogP contribution in [-0.2, 0) is 11.2 Å². The SMILES string of the molecule is CCCc1cnn2c1NC(=O)CC2=O. The van der Waals surface area contributed by atoms with E-state index < -0.39 is 0 Å². The van der Waals surface area contributed by atoms with E-state index in [9.17, 15) is 9.59 Å². The normalized spacial score (nSPS) is 15.2. The van der Waals surface area contributed by atoms with Crippen LogP contribution in [0.1, 0.15) is 30.1 Å². The van der Waals surface area contributed by atoms with Crippen molar-refractivity contribution in [2.75, 3.05) is 5.32 Å². The molecule has 1 aliphatic heterocycles. The zero-order valence-electron chi connectivity index (χ0n) is 7.91. The van der Waals surface area contributed by atoms with Gasteiger partial charge in [0.15, 0.2) is 0 Å². The molecule has 0 saturated carbocycles. The van der Waals surface area contributed by atoms with Crippen LogP contribution >= 0.6 is 0 Å². The Balaban J connectivity index is 2.41. The highest BCUT2D eigenvalue weighted by molar-refractivity contribution is 6.09. The minimum atomic E-state index is -0.258. The average molecular weight is 193 g/mol. The topological polar surface area (TPSA) is 64.0 Å². The number of anilines is 1. The van der Waals surface area contributed by atoms with E-state index >= 15 is 0 Å². The summed E-state index contributed by atoms with van der Waals surface area (Å²) in [6.07, 6.45) is 3.31. The molecule has 0 saturated heterocycles. The fourth-order valence-electron chi connectivity index (χ4n) is 1.55. The Bertz CT molecular complexity index is 395. The monoisotopic (exact) mass is 193 g/mol. The summed E-state index contributed by atoms with van der Waals surface area (Å²) in [5.74, 6) is 0.0413. The van der Waals surface area contributed by atoms with Crippen molar-refractivity contribution in [2.45, 2.75) is 26.2 Å². The van der Waals surface area contributed by atoms with Gasteiger partial charge in [0.05, 0.1) is 6.20 Å². The van der Waals surface area contributed by atoms with Gasteiger partial charge in [-0.1, -0.05) is 13.3 Å². The lowest BCUT2D eigenvalue weighted by Gasteiger charge is -2.14. The summed E-state index contributed by atoms with van der Waals surface area (Å²) in [6.45, 7) is 2.04. The van der Waals surface area contributed by atoms with Gasteiger partial charge in [-0.05, 0) is 6.42 Å². The maximum atomic E-state index is 11.4. The first-order chi connectivity index (χ1) is 6.72. The van der Waals surface area contributed by atoms with Crippen molar-refractivity contribution in [2.24, 2.45) is 0 Å². The molecule has 2 rings (SSSR count). The van der Waals surface area contributed by atoms with Gasteiger partial charge >= 0.3 is 0 Å². The Morgan fingerprint density at radius 3 is 3.07 bits per heavy atom. The highest BCUT2D eigenvalue weighted by atomic mass is 16.2. The van der Waals surface area contributed by atoms with Crippen molar-refractivity contribution >= 4 is 17.6 Å². The molecule has 5 nitrogen and oxygen atoms in total. The number of hydrogen-bond acceptors (Lipinski definition) is 3. The van der Waals surface area contributed by atoms with Crippen LogP contribution in [0.15, 0.2) is 6.20 Å². The van der Waals surface area contributed by atoms with Crippen LogP contribution in [0.2, 0.25) is 0 Å². The lowest BCUT2D eigenvalue weighted by molar-refractivity contribution is -0.115. The summed E-state index contributed by atoms with van der Waals surface area (Å²) in [4.78, 5) is 22.5. The number of aryl methyl sites for hydroxylation is 1. The minimum Gasteiger partial charge on any atom is -0.310 e. The molecule has 0 radical (unpaired) electrons. The summed E-state index contributed by atoms with van der Waals surface area (Å²) in [5.41, 5.74) is 0.925. The van der Waals surface area contributed by atoms with Gasteiger partial charge in [0.2, 0.25) is 5.91 Å². The van der Waals surface area contributed by atoms with E-state index in [0.717, 1.165) is 18.4 Å². The predicted octanol–water partition coefficient (Wildman–Crippen LogP) is 0.818. The number of carbonyl (C=O) groups is 2. The maximum absolute atomic E-state index is 11.4. The van der Waals surface area contributed by atoms with Crippen molar-refractivity contribution in [1.82, 2.24) is 9.78 Å². The number of aromatic nitrogens is 2. The summed E-state index contributed by atoms with van der Waals surface area (Å²) in [5, 5.41) is 6.61. The molecule has 0 unspecified atom stereocenters. The fraction of sp³-hybridized carbons (Fsp3) is 0.444. The molecule has 74 valence electrons. The summed E-state index contributed by atoms with van der Waals surface area (Å²) in [7, 11) is 0. The van der Waals surface area contributed by atoms with Crippen molar-refractivity contribution < 1.29 is 9.59 Å². The smallest absolute Gasteiger partial charge is 0.258 e. The molecule has 5 heteroatoms. The molecule has 0 aliphatic carbocycles. The number of carbonyl (C=O) groups excluding carboxylic acids is 2. The fourth-order valence-corrected chi connectivity index (χ4v) is 1.55. The van der Waals surface area contributed by atoms with Gasteiger partial charge in [-0.2, -0.15) is 9.78 Å². The van der Waals surface area contributed by atoms with Gasteiger partial charge in [0.1, 0.15) is 12.2 Å². The lowest BCUT2D eigenvalue weighted by Crippen LogP contribution is -2.30. The first-order valence-corrected chi connectivity index (χ1v) is 4.62. The van der Waals surface area contributed by atoms with Gasteiger partial charge < -0.3 is 5.32 Å². The molecule has 0 bridgehead atoms. The van der Waals surface area contributed by atoms with Gasteiger partial charge in [0, 0.05) is 5.56 Å². The number of amides is 1. The molecule has 1 N–H and O–H groups in total. The zero-order valence-corrected chi connectivity index (χ0v) is 7.91. The lowest BCUT2D eigenvalue weighted by atomic mass is 10.2. The van der Waals surface area contributed by atoms with Crippen LogP contribution < -0.4 is 5.32 Å². The highest BCUT2D eigenvalue weighted by Crippen LogP contribution is 2.20. The van der Waals surface area contributed by atoms with E-state index in [1.165, 1.54) is 4.68 Å². The van der Waals surface area contributed by atoms with E-state index in [-0.39, 0.29) is 18.2 Å². The van der Waals surface area contributed by atoms with Crippen molar-refractivity contribution in [3.63, 3.8) is 0 Å². The Hall–Kier alpha value is -1.65. The van der Waals surface area contributed by atoms with Crippen molar-refractivity contribution in [3.8, 4) is 0 Å². The Kier molecular flexibility index (Phi) is 2.07. The number of rotatable bonds is 2. The second-order valence-corrected chi connectivity index (χ2v) is 3.30. The minimum absolute atomic E-state index is 0.111. The van der Waals surface area contributed by atoms with E-state index in [4.69, 9.17) is 0 Å². The van der Waals surface area contributed by atoms with E-state index in [0.29, 0.717) is 5.82 Å². The van der Waals surface area contributed by atoms with Crippen LogP contribution in [0, 0.1) is 0 Å². The molecule has 0 fully saturated rings. The standard InChI is InChI=1S/C9H11N3O2/c1-2-3-6-5-10-12-8(14)4-7(13)11-9(6)12/h5H,2-4H2,1H3,(H,11,13). The second kappa shape index (κ2) is 3.25. The highest BCUT2D eigenvalue weighted by Gasteiger charge is 2.25. The van der Waals surface area contributed by atoms with E-state index in [1.807, 2.05) is 6.92 Å². The largest absolute Gasteiger partial charge is 0.310 e. The van der Waals surface area contributed by atoms with Crippen molar-refractivity contribution in [3.05, 3.63) is 11.8 Å². The van der Waals surface area contributed by atoms with Crippen LogP contribution in [0.25, 0.3) is 0 Å². The Labute approximate surface area is 81.1 Å².